The first-order chi connectivity index (χ1) is 16.4. The Morgan fingerprint density at radius 2 is 1.85 bits per heavy atom. The van der Waals surface area contributed by atoms with E-state index in [1.807, 2.05) is 19.2 Å². The number of carbonyl (C=O) groups is 2. The summed E-state index contributed by atoms with van der Waals surface area (Å²) in [5.74, 6) is -1.04. The number of amides is 3. The van der Waals surface area contributed by atoms with Crippen molar-refractivity contribution in [2.24, 2.45) is 5.73 Å². The molecule has 172 valence electrons. The highest BCUT2D eigenvalue weighted by atomic mass is 35.5. The SMILES string of the molecule is CCn1cc(-c2cccc(NC(=O)Nc3ccc(F)cc3)c2Cl)c(-c2ccnc(C(N)=O)c2)n1. The number of rotatable bonds is 6. The molecule has 34 heavy (non-hydrogen) atoms. The summed E-state index contributed by atoms with van der Waals surface area (Å²) in [4.78, 5) is 28.1. The predicted octanol–water partition coefficient (Wildman–Crippen LogP) is 5.17. The topological polar surface area (TPSA) is 115 Å². The Labute approximate surface area is 199 Å². The van der Waals surface area contributed by atoms with Crippen molar-refractivity contribution >= 4 is 34.9 Å². The molecule has 0 aliphatic heterocycles. The van der Waals surface area contributed by atoms with Crippen LogP contribution in [0.4, 0.5) is 20.6 Å². The van der Waals surface area contributed by atoms with E-state index in [0.29, 0.717) is 45.3 Å². The molecule has 2 aromatic heterocycles. The van der Waals surface area contributed by atoms with Crippen LogP contribution in [0.1, 0.15) is 17.4 Å². The van der Waals surface area contributed by atoms with E-state index in [1.54, 1.807) is 28.9 Å². The van der Waals surface area contributed by atoms with E-state index in [0.717, 1.165) is 0 Å². The number of benzene rings is 2. The Hall–Kier alpha value is -4.24. The van der Waals surface area contributed by atoms with Gasteiger partial charge in [0, 0.05) is 41.3 Å². The van der Waals surface area contributed by atoms with Crippen molar-refractivity contribution in [3.05, 3.63) is 83.5 Å². The summed E-state index contributed by atoms with van der Waals surface area (Å²) in [6.45, 7) is 2.55. The van der Waals surface area contributed by atoms with Gasteiger partial charge in [-0.1, -0.05) is 23.7 Å². The number of hydrogen-bond acceptors (Lipinski definition) is 4. The van der Waals surface area contributed by atoms with Gasteiger partial charge in [0.1, 0.15) is 17.2 Å². The zero-order chi connectivity index (χ0) is 24.2. The standard InChI is InChI=1S/C24H20ClFN6O2/c1-2-32-13-18(22(31-32)14-10-11-28-20(12-14)23(27)33)17-4-3-5-19(21(17)25)30-24(34)29-16-8-6-15(26)7-9-16/h3-13H,2H2,1H3,(H2,27,33)(H2,29,30,34). The molecular formula is C24H20ClFN6O2. The van der Waals surface area contributed by atoms with E-state index in [9.17, 15) is 14.0 Å². The monoisotopic (exact) mass is 478 g/mol. The molecule has 0 bridgehead atoms. The van der Waals surface area contributed by atoms with Crippen molar-refractivity contribution in [3.63, 3.8) is 0 Å². The maximum atomic E-state index is 13.1. The van der Waals surface area contributed by atoms with Crippen molar-refractivity contribution in [1.29, 1.82) is 0 Å². The van der Waals surface area contributed by atoms with Gasteiger partial charge in [0.15, 0.2) is 0 Å². The highest BCUT2D eigenvalue weighted by molar-refractivity contribution is 6.36. The minimum absolute atomic E-state index is 0.119. The Kier molecular flexibility index (Phi) is 6.55. The maximum Gasteiger partial charge on any atom is 0.323 e. The number of nitrogens with one attached hydrogen (secondary N) is 2. The second-order valence-corrected chi connectivity index (χ2v) is 7.67. The number of halogens is 2. The number of nitrogens with zero attached hydrogens (tertiary/aromatic N) is 3. The molecule has 0 fully saturated rings. The molecule has 8 nitrogen and oxygen atoms in total. The molecule has 4 N–H and O–H groups in total. The third-order valence-corrected chi connectivity index (χ3v) is 5.42. The summed E-state index contributed by atoms with van der Waals surface area (Å²) in [7, 11) is 0. The lowest BCUT2D eigenvalue weighted by molar-refractivity contribution is 0.0995. The van der Waals surface area contributed by atoms with Gasteiger partial charge in [0.25, 0.3) is 5.91 Å². The van der Waals surface area contributed by atoms with Gasteiger partial charge in [-0.25, -0.2) is 9.18 Å². The number of primary amides is 1. The second kappa shape index (κ2) is 9.72. The Morgan fingerprint density at radius 3 is 2.56 bits per heavy atom. The average Bonchev–Trinajstić information content (AvgIpc) is 3.26. The fourth-order valence-corrected chi connectivity index (χ4v) is 3.64. The van der Waals surface area contributed by atoms with Crippen LogP contribution < -0.4 is 16.4 Å². The van der Waals surface area contributed by atoms with Crippen LogP contribution in [0.3, 0.4) is 0 Å². The van der Waals surface area contributed by atoms with E-state index in [-0.39, 0.29) is 5.69 Å². The second-order valence-electron chi connectivity index (χ2n) is 7.29. The van der Waals surface area contributed by atoms with E-state index in [1.165, 1.54) is 30.5 Å². The number of anilines is 2. The third kappa shape index (κ3) is 4.89. The molecule has 3 amide bonds. The van der Waals surface area contributed by atoms with E-state index < -0.39 is 17.8 Å². The normalized spacial score (nSPS) is 10.7. The van der Waals surface area contributed by atoms with Gasteiger partial charge in [-0.3, -0.25) is 14.5 Å². The van der Waals surface area contributed by atoms with Crippen molar-refractivity contribution < 1.29 is 14.0 Å². The molecule has 4 aromatic rings. The molecule has 0 aliphatic carbocycles. The molecule has 2 aromatic carbocycles. The molecule has 2 heterocycles. The summed E-state index contributed by atoms with van der Waals surface area (Å²) in [5.41, 5.74) is 8.88. The van der Waals surface area contributed by atoms with Crippen molar-refractivity contribution in [2.75, 3.05) is 10.6 Å². The van der Waals surface area contributed by atoms with Crippen molar-refractivity contribution in [3.8, 4) is 22.4 Å². The predicted molar refractivity (Wildman–Crippen MR) is 129 cm³/mol. The molecule has 0 saturated carbocycles. The van der Waals surface area contributed by atoms with Gasteiger partial charge in [0.2, 0.25) is 0 Å². The average molecular weight is 479 g/mol. The number of nitrogens with two attached hydrogens (primary N) is 1. The molecular weight excluding hydrogens is 459 g/mol. The molecule has 0 spiro atoms. The smallest absolute Gasteiger partial charge is 0.323 e. The lowest BCUT2D eigenvalue weighted by atomic mass is 10.0. The van der Waals surface area contributed by atoms with Crippen molar-refractivity contribution in [1.82, 2.24) is 14.8 Å². The Balaban J connectivity index is 1.68. The van der Waals surface area contributed by atoms with Crippen LogP contribution in [-0.2, 0) is 6.54 Å². The van der Waals surface area contributed by atoms with Gasteiger partial charge >= 0.3 is 6.03 Å². The lowest BCUT2D eigenvalue weighted by Gasteiger charge is -2.12. The zero-order valence-corrected chi connectivity index (χ0v) is 18.8. The number of urea groups is 1. The third-order valence-electron chi connectivity index (χ3n) is 5.01. The first-order valence-corrected chi connectivity index (χ1v) is 10.7. The van der Waals surface area contributed by atoms with Crippen LogP contribution in [0.2, 0.25) is 5.02 Å². The fraction of sp³-hybridized carbons (Fsp3) is 0.0833. The molecule has 0 aliphatic rings. The minimum atomic E-state index is -0.644. The van der Waals surface area contributed by atoms with Gasteiger partial charge in [-0.15, -0.1) is 0 Å². The van der Waals surface area contributed by atoms with Crippen LogP contribution in [0.25, 0.3) is 22.4 Å². The first-order valence-electron chi connectivity index (χ1n) is 10.3. The summed E-state index contributed by atoms with van der Waals surface area (Å²) in [5, 5.41) is 10.3. The molecule has 4 rings (SSSR count). The van der Waals surface area contributed by atoms with E-state index in [4.69, 9.17) is 17.3 Å². The van der Waals surface area contributed by atoms with Crippen LogP contribution in [0.15, 0.2) is 67.0 Å². The summed E-state index contributed by atoms with van der Waals surface area (Å²) >= 11 is 6.69. The number of hydrogen-bond donors (Lipinski definition) is 3. The number of carbonyl (C=O) groups excluding carboxylic acids is 2. The lowest BCUT2D eigenvalue weighted by Crippen LogP contribution is -2.19. The number of pyridine rings is 1. The zero-order valence-electron chi connectivity index (χ0n) is 18.0. The highest BCUT2D eigenvalue weighted by Crippen LogP contribution is 2.38. The van der Waals surface area contributed by atoms with Crippen LogP contribution in [0.5, 0.6) is 0 Å². The van der Waals surface area contributed by atoms with Gasteiger partial charge < -0.3 is 16.4 Å². The molecule has 10 heteroatoms. The van der Waals surface area contributed by atoms with Gasteiger partial charge in [0.05, 0.1) is 10.7 Å². The molecule has 0 saturated heterocycles. The van der Waals surface area contributed by atoms with E-state index in [2.05, 4.69) is 20.7 Å². The van der Waals surface area contributed by atoms with Crippen LogP contribution in [0, 0.1) is 5.82 Å². The highest BCUT2D eigenvalue weighted by Gasteiger charge is 2.19. The fourth-order valence-electron chi connectivity index (χ4n) is 3.36. The number of aromatic nitrogens is 3. The quantitative estimate of drug-likeness (QED) is 0.354. The van der Waals surface area contributed by atoms with E-state index >= 15 is 0 Å². The van der Waals surface area contributed by atoms with Crippen LogP contribution >= 0.6 is 11.6 Å². The molecule has 0 radical (unpaired) electrons. The van der Waals surface area contributed by atoms with Gasteiger partial charge in [-0.05, 0) is 49.4 Å². The summed E-state index contributed by atoms with van der Waals surface area (Å²) in [6, 6.07) is 13.4. The number of aryl methyl sites for hydroxylation is 1. The van der Waals surface area contributed by atoms with Crippen molar-refractivity contribution in [2.45, 2.75) is 13.5 Å². The summed E-state index contributed by atoms with van der Waals surface area (Å²) in [6.07, 6.45) is 3.33. The maximum absolute atomic E-state index is 13.1. The first kappa shape index (κ1) is 22.9. The Morgan fingerprint density at radius 1 is 1.09 bits per heavy atom. The van der Waals surface area contributed by atoms with Gasteiger partial charge in [-0.2, -0.15) is 5.10 Å². The van der Waals surface area contributed by atoms with Crippen LogP contribution in [-0.4, -0.2) is 26.7 Å². The molecule has 0 atom stereocenters. The minimum Gasteiger partial charge on any atom is -0.364 e. The molecule has 0 unspecified atom stereocenters. The largest absolute Gasteiger partial charge is 0.364 e. The Bertz CT molecular complexity index is 1370. The summed E-state index contributed by atoms with van der Waals surface area (Å²) < 4.78 is 14.8.